The van der Waals surface area contributed by atoms with Crippen molar-refractivity contribution >= 4 is 0 Å². The first kappa shape index (κ1) is 16.2. The van der Waals surface area contributed by atoms with Gasteiger partial charge in [-0.15, -0.1) is 5.10 Å². The minimum atomic E-state index is -1.46. The van der Waals surface area contributed by atoms with Crippen LogP contribution in [-0.2, 0) is 22.6 Å². The number of ether oxygens (including phenoxy) is 2. The van der Waals surface area contributed by atoms with Gasteiger partial charge in [-0.25, -0.2) is 4.68 Å². The van der Waals surface area contributed by atoms with Crippen LogP contribution in [0.5, 0.6) is 0 Å². The molecule has 1 aliphatic heterocycles. The Morgan fingerprint density at radius 2 is 1.95 bits per heavy atom. The summed E-state index contributed by atoms with van der Waals surface area (Å²) in [6, 6.07) is 0. The molecule has 1 aliphatic rings. The first-order chi connectivity index (χ1) is 10.1. The molecule has 0 unspecified atom stereocenters. The highest BCUT2D eigenvalue weighted by molar-refractivity contribution is 4.90. The molecule has 1 aromatic heterocycles. The van der Waals surface area contributed by atoms with Gasteiger partial charge in [0.05, 0.1) is 32.6 Å². The summed E-state index contributed by atoms with van der Waals surface area (Å²) in [6.07, 6.45) is -4.93. The van der Waals surface area contributed by atoms with E-state index >= 15 is 0 Å². The Balaban J connectivity index is 1.84. The molecular formula is C11H19N3O7. The number of hydrogen-bond donors (Lipinski definition) is 5. The SMILES string of the molecule is OCc1cn(CCO[C@@H]2O[C@H](CO)[C@@H](O)[C@H](O)[C@@H]2O)nn1. The van der Waals surface area contributed by atoms with Gasteiger partial charge in [0.25, 0.3) is 0 Å². The number of nitrogens with zero attached hydrogens (tertiary/aromatic N) is 3. The molecule has 10 heteroatoms. The number of rotatable bonds is 6. The third-order valence-electron chi connectivity index (χ3n) is 3.20. The number of aliphatic hydroxyl groups is 5. The summed E-state index contributed by atoms with van der Waals surface area (Å²) in [6.45, 7) is -0.333. The summed E-state index contributed by atoms with van der Waals surface area (Å²) in [5.41, 5.74) is 0.419. The Hall–Kier alpha value is -1.14. The van der Waals surface area contributed by atoms with Gasteiger partial charge in [-0.1, -0.05) is 5.21 Å². The second-order valence-corrected chi connectivity index (χ2v) is 4.70. The van der Waals surface area contributed by atoms with Gasteiger partial charge in [0.15, 0.2) is 6.29 Å². The summed E-state index contributed by atoms with van der Waals surface area (Å²) in [5, 5.41) is 54.3. The zero-order chi connectivity index (χ0) is 15.4. The van der Waals surface area contributed by atoms with Crippen molar-refractivity contribution in [1.29, 1.82) is 0 Å². The molecule has 120 valence electrons. The largest absolute Gasteiger partial charge is 0.394 e. The van der Waals surface area contributed by atoms with Crippen LogP contribution in [0.15, 0.2) is 6.20 Å². The van der Waals surface area contributed by atoms with Crippen molar-refractivity contribution < 1.29 is 35.0 Å². The van der Waals surface area contributed by atoms with E-state index in [-0.39, 0.29) is 13.2 Å². The lowest BCUT2D eigenvalue weighted by atomic mass is 9.99. The van der Waals surface area contributed by atoms with E-state index in [0.717, 1.165) is 0 Å². The third kappa shape index (κ3) is 3.74. The van der Waals surface area contributed by atoms with Crippen molar-refractivity contribution in [2.24, 2.45) is 0 Å². The topological polar surface area (TPSA) is 150 Å². The van der Waals surface area contributed by atoms with Crippen LogP contribution in [0, 0.1) is 0 Å². The van der Waals surface area contributed by atoms with Gasteiger partial charge in [-0.2, -0.15) is 0 Å². The number of hydrogen-bond acceptors (Lipinski definition) is 9. The second kappa shape index (κ2) is 7.22. The lowest BCUT2D eigenvalue weighted by molar-refractivity contribution is -0.301. The predicted octanol–water partition coefficient (Wildman–Crippen LogP) is -3.41. The van der Waals surface area contributed by atoms with Crippen LogP contribution in [0.25, 0.3) is 0 Å². The zero-order valence-electron chi connectivity index (χ0n) is 11.2. The van der Waals surface area contributed by atoms with Crippen LogP contribution >= 0.6 is 0 Å². The molecule has 2 rings (SSSR count). The van der Waals surface area contributed by atoms with E-state index in [2.05, 4.69) is 10.3 Å². The molecule has 1 saturated heterocycles. The quantitative estimate of drug-likeness (QED) is 0.362. The third-order valence-corrected chi connectivity index (χ3v) is 3.20. The van der Waals surface area contributed by atoms with Gasteiger partial charge in [-0.3, -0.25) is 0 Å². The Kier molecular flexibility index (Phi) is 5.58. The molecule has 5 N–H and O–H groups in total. The molecule has 2 heterocycles. The molecule has 0 bridgehead atoms. The van der Waals surface area contributed by atoms with Crippen molar-refractivity contribution in [2.45, 2.75) is 43.9 Å². The molecule has 0 radical (unpaired) electrons. The molecule has 0 saturated carbocycles. The van der Waals surface area contributed by atoms with E-state index < -0.39 is 37.3 Å². The molecule has 5 atom stereocenters. The fourth-order valence-corrected chi connectivity index (χ4v) is 1.99. The predicted molar refractivity (Wildman–Crippen MR) is 65.7 cm³/mol. The van der Waals surface area contributed by atoms with Gasteiger partial charge in [0.1, 0.15) is 30.1 Å². The maximum Gasteiger partial charge on any atom is 0.186 e. The maximum absolute atomic E-state index is 9.75. The number of aromatic nitrogens is 3. The summed E-state index contributed by atoms with van der Waals surface area (Å²) in [5.74, 6) is 0. The average molecular weight is 305 g/mol. The van der Waals surface area contributed by atoms with Gasteiger partial charge in [-0.05, 0) is 0 Å². The fraction of sp³-hybridized carbons (Fsp3) is 0.818. The average Bonchev–Trinajstić information content (AvgIpc) is 2.95. The molecular weight excluding hydrogens is 286 g/mol. The van der Waals surface area contributed by atoms with E-state index in [1.54, 1.807) is 0 Å². The van der Waals surface area contributed by atoms with Gasteiger partial charge >= 0.3 is 0 Å². The molecule has 21 heavy (non-hydrogen) atoms. The minimum Gasteiger partial charge on any atom is -0.394 e. The minimum absolute atomic E-state index is 0.0942. The van der Waals surface area contributed by atoms with Crippen LogP contribution < -0.4 is 0 Å². The van der Waals surface area contributed by atoms with Crippen molar-refractivity contribution in [3.63, 3.8) is 0 Å². The summed E-state index contributed by atoms with van der Waals surface area (Å²) in [4.78, 5) is 0. The van der Waals surface area contributed by atoms with E-state index in [1.807, 2.05) is 0 Å². The van der Waals surface area contributed by atoms with E-state index in [0.29, 0.717) is 12.2 Å². The van der Waals surface area contributed by atoms with Gasteiger partial charge in [0, 0.05) is 0 Å². The maximum atomic E-state index is 9.75. The standard InChI is InChI=1S/C11H19N3O7/c15-4-6-3-14(13-12-6)1-2-20-11-10(19)9(18)8(17)7(5-16)21-11/h3,7-11,15-19H,1-2,4-5H2/t7-,8-,9+,10+,11-/m1/s1. The summed E-state index contributed by atoms with van der Waals surface area (Å²) in [7, 11) is 0. The van der Waals surface area contributed by atoms with Crippen LogP contribution in [-0.4, -0.2) is 84.4 Å². The molecule has 0 amide bonds. The van der Waals surface area contributed by atoms with Crippen LogP contribution in [0.2, 0.25) is 0 Å². The Bertz CT molecular complexity index is 441. The lowest BCUT2D eigenvalue weighted by Gasteiger charge is -2.39. The Morgan fingerprint density at radius 1 is 1.19 bits per heavy atom. The highest BCUT2D eigenvalue weighted by Gasteiger charge is 2.43. The second-order valence-electron chi connectivity index (χ2n) is 4.70. The van der Waals surface area contributed by atoms with E-state index in [9.17, 15) is 15.3 Å². The first-order valence-corrected chi connectivity index (χ1v) is 6.48. The molecule has 0 spiro atoms. The molecule has 1 aromatic rings. The van der Waals surface area contributed by atoms with Crippen molar-refractivity contribution in [2.75, 3.05) is 13.2 Å². The smallest absolute Gasteiger partial charge is 0.186 e. The van der Waals surface area contributed by atoms with Crippen molar-refractivity contribution in [1.82, 2.24) is 15.0 Å². The fourth-order valence-electron chi connectivity index (χ4n) is 1.99. The van der Waals surface area contributed by atoms with Crippen LogP contribution in [0.3, 0.4) is 0 Å². The number of aliphatic hydroxyl groups excluding tert-OH is 5. The Morgan fingerprint density at radius 3 is 2.57 bits per heavy atom. The first-order valence-electron chi connectivity index (χ1n) is 6.48. The monoisotopic (exact) mass is 305 g/mol. The highest BCUT2D eigenvalue weighted by Crippen LogP contribution is 2.21. The summed E-state index contributed by atoms with van der Waals surface area (Å²) >= 11 is 0. The molecule has 0 aromatic carbocycles. The van der Waals surface area contributed by atoms with Crippen LogP contribution in [0.1, 0.15) is 5.69 Å². The lowest BCUT2D eigenvalue weighted by Crippen LogP contribution is -2.59. The van der Waals surface area contributed by atoms with Crippen LogP contribution in [0.4, 0.5) is 0 Å². The summed E-state index contributed by atoms with van der Waals surface area (Å²) < 4.78 is 11.9. The van der Waals surface area contributed by atoms with Gasteiger partial charge < -0.3 is 35.0 Å². The van der Waals surface area contributed by atoms with Crippen molar-refractivity contribution in [3.05, 3.63) is 11.9 Å². The highest BCUT2D eigenvalue weighted by atomic mass is 16.7. The van der Waals surface area contributed by atoms with Crippen molar-refractivity contribution in [3.8, 4) is 0 Å². The molecule has 10 nitrogen and oxygen atoms in total. The zero-order valence-corrected chi connectivity index (χ0v) is 11.2. The van der Waals surface area contributed by atoms with E-state index in [4.69, 9.17) is 19.7 Å². The molecule has 0 aliphatic carbocycles. The van der Waals surface area contributed by atoms with Gasteiger partial charge in [0.2, 0.25) is 0 Å². The van der Waals surface area contributed by atoms with E-state index in [1.165, 1.54) is 10.9 Å². The molecule has 1 fully saturated rings. The Labute approximate surface area is 120 Å². The normalized spacial score (nSPS) is 33.3.